The molecular formula is C19H27F3N4O3S. The zero-order chi connectivity index (χ0) is 22.5. The van der Waals surface area contributed by atoms with Crippen LogP contribution in [0.25, 0.3) is 10.2 Å². The van der Waals surface area contributed by atoms with Gasteiger partial charge in [0.1, 0.15) is 4.83 Å². The van der Waals surface area contributed by atoms with E-state index in [0.29, 0.717) is 29.6 Å². The number of hydrogen-bond acceptors (Lipinski definition) is 6. The molecule has 1 aliphatic carbocycles. The summed E-state index contributed by atoms with van der Waals surface area (Å²) in [5.41, 5.74) is 5.24. The van der Waals surface area contributed by atoms with Gasteiger partial charge in [-0.2, -0.15) is 0 Å². The topological polar surface area (TPSA) is 77.3 Å². The van der Waals surface area contributed by atoms with Crippen molar-refractivity contribution in [2.45, 2.75) is 78.0 Å². The van der Waals surface area contributed by atoms with Crippen LogP contribution in [0.15, 0.2) is 9.59 Å². The molecule has 168 valence electrons. The first-order chi connectivity index (χ1) is 13.7. The molecule has 0 bridgehead atoms. The van der Waals surface area contributed by atoms with Gasteiger partial charge in [0.2, 0.25) is 0 Å². The molecule has 0 saturated heterocycles. The van der Waals surface area contributed by atoms with Crippen molar-refractivity contribution in [3.63, 3.8) is 0 Å². The summed E-state index contributed by atoms with van der Waals surface area (Å²) in [6.07, 6.45) is -3.42. The first-order valence-electron chi connectivity index (χ1n) is 9.72. The average molecular weight is 449 g/mol. The Morgan fingerprint density at radius 3 is 2.37 bits per heavy atom. The van der Waals surface area contributed by atoms with E-state index >= 15 is 0 Å². The molecule has 0 aliphatic heterocycles. The highest BCUT2D eigenvalue weighted by atomic mass is 32.1. The number of nitrogens with one attached hydrogen (secondary N) is 2. The molecule has 0 atom stereocenters. The highest BCUT2D eigenvalue weighted by Gasteiger charge is 2.43. The smallest absolute Gasteiger partial charge is 0.290 e. The number of alkyl halides is 3. The maximum absolute atomic E-state index is 13.2. The SMILES string of the molecule is Cc1c(CNNC(C)(C)C)sc2c1c(=O)n(C1(C)CC1)c(=O)n2CCOC(F)(F)F. The van der Waals surface area contributed by atoms with E-state index in [1.807, 2.05) is 27.7 Å². The predicted molar refractivity (Wildman–Crippen MR) is 110 cm³/mol. The second kappa shape index (κ2) is 7.77. The molecule has 1 fully saturated rings. The number of fused-ring (bicyclic) bond motifs is 1. The minimum atomic E-state index is -4.78. The fraction of sp³-hybridized carbons (Fsp3) is 0.684. The summed E-state index contributed by atoms with van der Waals surface area (Å²) in [4.78, 5) is 27.5. The third kappa shape index (κ3) is 4.79. The lowest BCUT2D eigenvalue weighted by Crippen LogP contribution is -2.45. The Morgan fingerprint density at radius 2 is 1.83 bits per heavy atom. The molecule has 1 aliphatic rings. The van der Waals surface area contributed by atoms with Gasteiger partial charge in [-0.15, -0.1) is 24.5 Å². The Bertz CT molecular complexity index is 1060. The number of rotatable bonds is 7. The average Bonchev–Trinajstić information content (AvgIpc) is 3.23. The highest BCUT2D eigenvalue weighted by Crippen LogP contribution is 2.41. The standard InChI is InChI=1S/C19H27F3N4O3S/c1-11-12(10-23-24-17(2,3)4)30-15-13(11)14(27)26(18(5)6-7-18)16(28)25(15)8-9-29-19(20,21)22/h23-24H,6-10H2,1-5H3. The summed E-state index contributed by atoms with van der Waals surface area (Å²) in [6, 6.07) is 0. The van der Waals surface area contributed by atoms with Gasteiger partial charge in [0.05, 0.1) is 24.1 Å². The van der Waals surface area contributed by atoms with Gasteiger partial charge in [-0.1, -0.05) is 0 Å². The fourth-order valence-electron chi connectivity index (χ4n) is 3.28. The van der Waals surface area contributed by atoms with Crippen LogP contribution in [0.1, 0.15) is 51.0 Å². The Kier molecular flexibility index (Phi) is 5.96. The van der Waals surface area contributed by atoms with Gasteiger partial charge in [-0.05, 0) is 53.0 Å². The van der Waals surface area contributed by atoms with E-state index in [9.17, 15) is 22.8 Å². The molecule has 30 heavy (non-hydrogen) atoms. The zero-order valence-electron chi connectivity index (χ0n) is 17.7. The molecule has 7 nitrogen and oxygen atoms in total. The molecule has 11 heteroatoms. The molecule has 2 N–H and O–H groups in total. The first kappa shape index (κ1) is 23.0. The molecule has 0 spiro atoms. The summed E-state index contributed by atoms with van der Waals surface area (Å²) >= 11 is 1.24. The van der Waals surface area contributed by atoms with Crippen LogP contribution < -0.4 is 22.1 Å². The van der Waals surface area contributed by atoms with E-state index in [2.05, 4.69) is 15.6 Å². The number of ether oxygens (including phenoxy) is 1. The minimum absolute atomic E-state index is 0.172. The van der Waals surface area contributed by atoms with Gasteiger partial charge in [-0.3, -0.25) is 29.5 Å². The van der Waals surface area contributed by atoms with Crippen LogP contribution in [0.3, 0.4) is 0 Å². The van der Waals surface area contributed by atoms with Crippen LogP contribution in [0.2, 0.25) is 0 Å². The molecule has 0 aromatic carbocycles. The van der Waals surface area contributed by atoms with E-state index < -0.39 is 24.2 Å². The molecular weight excluding hydrogens is 421 g/mol. The molecule has 0 unspecified atom stereocenters. The zero-order valence-corrected chi connectivity index (χ0v) is 18.5. The summed E-state index contributed by atoms with van der Waals surface area (Å²) in [7, 11) is 0. The van der Waals surface area contributed by atoms with Crippen LogP contribution in [0, 0.1) is 6.92 Å². The van der Waals surface area contributed by atoms with Crippen LogP contribution >= 0.6 is 11.3 Å². The first-order valence-corrected chi connectivity index (χ1v) is 10.5. The van der Waals surface area contributed by atoms with Crippen molar-refractivity contribution in [2.75, 3.05) is 6.61 Å². The normalized spacial score (nSPS) is 16.4. The van der Waals surface area contributed by atoms with Crippen LogP contribution in [0.4, 0.5) is 13.2 Å². The second-order valence-electron chi connectivity index (χ2n) is 8.92. The predicted octanol–water partition coefficient (Wildman–Crippen LogP) is 2.97. The van der Waals surface area contributed by atoms with Gasteiger partial charge < -0.3 is 0 Å². The van der Waals surface area contributed by atoms with Crippen LogP contribution in [0.5, 0.6) is 0 Å². The van der Waals surface area contributed by atoms with Crippen molar-refractivity contribution in [3.05, 3.63) is 31.3 Å². The van der Waals surface area contributed by atoms with E-state index in [1.165, 1.54) is 20.5 Å². The summed E-state index contributed by atoms with van der Waals surface area (Å²) in [6.45, 7) is 9.00. The summed E-state index contributed by atoms with van der Waals surface area (Å²) in [5, 5.41) is 0.382. The number of hydrogen-bond donors (Lipinski definition) is 2. The number of hydrazine groups is 1. The van der Waals surface area contributed by atoms with E-state index in [0.717, 1.165) is 10.4 Å². The lowest BCUT2D eigenvalue weighted by Gasteiger charge is -2.20. The number of aryl methyl sites for hydroxylation is 1. The van der Waals surface area contributed by atoms with Crippen molar-refractivity contribution >= 4 is 21.6 Å². The van der Waals surface area contributed by atoms with Gasteiger partial charge >= 0.3 is 12.1 Å². The monoisotopic (exact) mass is 448 g/mol. The van der Waals surface area contributed by atoms with Crippen molar-refractivity contribution in [2.24, 2.45) is 0 Å². The van der Waals surface area contributed by atoms with E-state index in [4.69, 9.17) is 0 Å². The van der Waals surface area contributed by atoms with Crippen LogP contribution in [-0.4, -0.2) is 27.6 Å². The quantitative estimate of drug-likeness (QED) is 0.637. The Balaban J connectivity index is 2.06. The highest BCUT2D eigenvalue weighted by molar-refractivity contribution is 7.18. The number of aromatic nitrogens is 2. The molecule has 2 heterocycles. The van der Waals surface area contributed by atoms with E-state index in [1.54, 1.807) is 6.92 Å². The molecule has 0 amide bonds. The van der Waals surface area contributed by atoms with Crippen molar-refractivity contribution < 1.29 is 17.9 Å². The lowest BCUT2D eigenvalue weighted by atomic mass is 10.1. The molecule has 2 aromatic rings. The fourth-order valence-corrected chi connectivity index (χ4v) is 4.54. The third-order valence-corrected chi connectivity index (χ3v) is 6.43. The number of nitrogens with zero attached hydrogens (tertiary/aromatic N) is 2. The molecule has 1 saturated carbocycles. The second-order valence-corrected chi connectivity index (χ2v) is 10.0. The third-order valence-electron chi connectivity index (χ3n) is 5.12. The number of halogens is 3. The van der Waals surface area contributed by atoms with E-state index in [-0.39, 0.29) is 17.6 Å². The Morgan fingerprint density at radius 1 is 1.20 bits per heavy atom. The van der Waals surface area contributed by atoms with Crippen molar-refractivity contribution in [3.8, 4) is 0 Å². The van der Waals surface area contributed by atoms with Crippen molar-refractivity contribution in [1.82, 2.24) is 20.0 Å². The van der Waals surface area contributed by atoms with Gasteiger partial charge in [0.15, 0.2) is 0 Å². The lowest BCUT2D eigenvalue weighted by molar-refractivity contribution is -0.325. The van der Waals surface area contributed by atoms with Crippen molar-refractivity contribution in [1.29, 1.82) is 0 Å². The van der Waals surface area contributed by atoms with Gasteiger partial charge in [0, 0.05) is 17.0 Å². The largest absolute Gasteiger partial charge is 0.522 e. The maximum atomic E-state index is 13.2. The van der Waals surface area contributed by atoms with Gasteiger partial charge in [0.25, 0.3) is 5.56 Å². The summed E-state index contributed by atoms with van der Waals surface area (Å²) < 4.78 is 43.7. The Hall–Kier alpha value is -1.69. The van der Waals surface area contributed by atoms with Gasteiger partial charge in [-0.25, -0.2) is 4.79 Å². The molecule has 3 rings (SSSR count). The summed E-state index contributed by atoms with van der Waals surface area (Å²) in [5.74, 6) is 0. The number of thiophene rings is 1. The Labute approximate surface area is 175 Å². The maximum Gasteiger partial charge on any atom is 0.522 e. The van der Waals surface area contributed by atoms with Crippen LogP contribution in [-0.2, 0) is 23.4 Å². The molecule has 0 radical (unpaired) electrons. The molecule has 2 aromatic heterocycles. The minimum Gasteiger partial charge on any atom is -0.290 e.